The molecule has 92 valence electrons. The summed E-state index contributed by atoms with van der Waals surface area (Å²) in [6.07, 6.45) is 8.84. The molecule has 2 atom stereocenters. The monoisotopic (exact) mass is 223 g/mol. The van der Waals surface area contributed by atoms with E-state index in [4.69, 9.17) is 4.74 Å². The van der Waals surface area contributed by atoms with E-state index in [0.717, 1.165) is 37.6 Å². The highest BCUT2D eigenvalue weighted by Crippen LogP contribution is 2.44. The highest BCUT2D eigenvalue weighted by molar-refractivity contribution is 4.90. The van der Waals surface area contributed by atoms with Crippen molar-refractivity contribution in [1.29, 1.82) is 0 Å². The molecule has 0 aromatic heterocycles. The zero-order chi connectivity index (χ0) is 11.0. The SMILES string of the molecule is CC1(CNC2CCCC(C3CC3)C2)COC1. The molecule has 1 N–H and O–H groups in total. The lowest BCUT2D eigenvalue weighted by Crippen LogP contribution is -2.50. The molecule has 3 aliphatic rings. The van der Waals surface area contributed by atoms with Crippen LogP contribution in [0.2, 0.25) is 0 Å². The second kappa shape index (κ2) is 4.30. The molecule has 3 rings (SSSR count). The van der Waals surface area contributed by atoms with Crippen LogP contribution in [0.5, 0.6) is 0 Å². The van der Waals surface area contributed by atoms with Gasteiger partial charge in [-0.25, -0.2) is 0 Å². The fraction of sp³-hybridized carbons (Fsp3) is 1.00. The van der Waals surface area contributed by atoms with E-state index in [-0.39, 0.29) is 0 Å². The van der Waals surface area contributed by atoms with Gasteiger partial charge in [0.25, 0.3) is 0 Å². The van der Waals surface area contributed by atoms with Crippen molar-refractivity contribution in [3.63, 3.8) is 0 Å². The van der Waals surface area contributed by atoms with E-state index in [0.29, 0.717) is 5.41 Å². The Morgan fingerprint density at radius 2 is 1.94 bits per heavy atom. The number of hydrogen-bond donors (Lipinski definition) is 1. The molecule has 2 nitrogen and oxygen atoms in total. The smallest absolute Gasteiger partial charge is 0.0554 e. The second-order valence-electron chi connectivity index (χ2n) is 6.65. The van der Waals surface area contributed by atoms with Crippen LogP contribution in [-0.2, 0) is 4.74 Å². The molecule has 1 aliphatic heterocycles. The number of hydrogen-bond acceptors (Lipinski definition) is 2. The van der Waals surface area contributed by atoms with Gasteiger partial charge in [-0.1, -0.05) is 19.8 Å². The maximum absolute atomic E-state index is 5.31. The predicted octanol–water partition coefficient (Wildman–Crippen LogP) is 2.58. The zero-order valence-corrected chi connectivity index (χ0v) is 10.5. The van der Waals surface area contributed by atoms with E-state index < -0.39 is 0 Å². The highest BCUT2D eigenvalue weighted by Gasteiger charge is 2.37. The summed E-state index contributed by atoms with van der Waals surface area (Å²) in [5.41, 5.74) is 0.437. The molecule has 2 unspecified atom stereocenters. The summed E-state index contributed by atoms with van der Waals surface area (Å²) in [5.74, 6) is 2.16. The summed E-state index contributed by atoms with van der Waals surface area (Å²) in [4.78, 5) is 0. The minimum atomic E-state index is 0.437. The van der Waals surface area contributed by atoms with Crippen LogP contribution in [0.1, 0.15) is 45.4 Å². The van der Waals surface area contributed by atoms with Gasteiger partial charge in [0.1, 0.15) is 0 Å². The lowest BCUT2D eigenvalue weighted by Gasteiger charge is -2.40. The largest absolute Gasteiger partial charge is 0.380 e. The summed E-state index contributed by atoms with van der Waals surface area (Å²) in [6.45, 7) is 5.41. The van der Waals surface area contributed by atoms with Crippen molar-refractivity contribution in [3.05, 3.63) is 0 Å². The Bertz CT molecular complexity index is 245. The van der Waals surface area contributed by atoms with Crippen LogP contribution in [0.15, 0.2) is 0 Å². The maximum Gasteiger partial charge on any atom is 0.0554 e. The van der Waals surface area contributed by atoms with Gasteiger partial charge in [0, 0.05) is 18.0 Å². The molecule has 2 heteroatoms. The minimum Gasteiger partial charge on any atom is -0.380 e. The average Bonchev–Trinajstić information content (AvgIpc) is 3.08. The second-order valence-corrected chi connectivity index (χ2v) is 6.65. The molecule has 1 saturated heterocycles. The van der Waals surface area contributed by atoms with Crippen LogP contribution in [-0.4, -0.2) is 25.8 Å². The zero-order valence-electron chi connectivity index (χ0n) is 10.5. The molecule has 2 saturated carbocycles. The molecular weight excluding hydrogens is 198 g/mol. The van der Waals surface area contributed by atoms with E-state index in [1.807, 2.05) is 0 Å². The molecule has 1 heterocycles. The molecule has 0 radical (unpaired) electrons. The molecule has 3 fully saturated rings. The molecule has 2 aliphatic carbocycles. The van der Waals surface area contributed by atoms with Crippen molar-refractivity contribution in [2.75, 3.05) is 19.8 Å². The third-order valence-corrected chi connectivity index (χ3v) is 4.72. The molecule has 0 aromatic rings. The van der Waals surface area contributed by atoms with E-state index in [1.165, 1.54) is 38.5 Å². The minimum absolute atomic E-state index is 0.437. The Balaban J connectivity index is 1.43. The van der Waals surface area contributed by atoms with E-state index in [9.17, 15) is 0 Å². The van der Waals surface area contributed by atoms with Crippen molar-refractivity contribution in [2.24, 2.45) is 17.3 Å². The van der Waals surface area contributed by atoms with Gasteiger partial charge in [-0.2, -0.15) is 0 Å². The van der Waals surface area contributed by atoms with E-state index in [1.54, 1.807) is 0 Å². The standard InChI is InChI=1S/C14H25NO/c1-14(9-16-10-14)8-15-13-4-2-3-12(7-13)11-5-6-11/h11-13,15H,2-10H2,1H3. The van der Waals surface area contributed by atoms with Crippen LogP contribution in [0.25, 0.3) is 0 Å². The van der Waals surface area contributed by atoms with Crippen molar-refractivity contribution in [3.8, 4) is 0 Å². The first-order chi connectivity index (χ1) is 7.75. The van der Waals surface area contributed by atoms with E-state index in [2.05, 4.69) is 12.2 Å². The average molecular weight is 223 g/mol. The maximum atomic E-state index is 5.31. The molecule has 0 amide bonds. The molecule has 0 bridgehead atoms. The summed E-state index contributed by atoms with van der Waals surface area (Å²) in [5, 5.41) is 3.80. The van der Waals surface area contributed by atoms with Crippen LogP contribution in [0.3, 0.4) is 0 Å². The number of ether oxygens (including phenoxy) is 1. The van der Waals surface area contributed by atoms with Crippen LogP contribution in [0.4, 0.5) is 0 Å². The van der Waals surface area contributed by atoms with Gasteiger partial charge in [0.05, 0.1) is 13.2 Å². The van der Waals surface area contributed by atoms with Gasteiger partial charge in [-0.05, 0) is 37.5 Å². The first-order valence-electron chi connectivity index (χ1n) is 7.06. The Morgan fingerprint density at radius 1 is 1.12 bits per heavy atom. The summed E-state index contributed by atoms with van der Waals surface area (Å²) < 4.78 is 5.31. The predicted molar refractivity (Wildman–Crippen MR) is 65.4 cm³/mol. The van der Waals surface area contributed by atoms with Crippen molar-refractivity contribution < 1.29 is 4.74 Å². The quantitative estimate of drug-likeness (QED) is 0.791. The Labute approximate surface area is 99.1 Å². The lowest BCUT2D eigenvalue weighted by atomic mass is 9.81. The van der Waals surface area contributed by atoms with Gasteiger partial charge >= 0.3 is 0 Å². The topological polar surface area (TPSA) is 21.3 Å². The van der Waals surface area contributed by atoms with Crippen molar-refractivity contribution in [1.82, 2.24) is 5.32 Å². The fourth-order valence-corrected chi connectivity index (χ4v) is 3.35. The van der Waals surface area contributed by atoms with Gasteiger partial charge in [-0.15, -0.1) is 0 Å². The van der Waals surface area contributed by atoms with Crippen molar-refractivity contribution >= 4 is 0 Å². The third kappa shape index (κ3) is 2.43. The Kier molecular flexibility index (Phi) is 2.97. The number of nitrogens with one attached hydrogen (secondary N) is 1. The summed E-state index contributed by atoms with van der Waals surface area (Å²) in [7, 11) is 0. The summed E-state index contributed by atoms with van der Waals surface area (Å²) in [6, 6.07) is 0.803. The van der Waals surface area contributed by atoms with Crippen LogP contribution >= 0.6 is 0 Å². The molecular formula is C14H25NO. The summed E-state index contributed by atoms with van der Waals surface area (Å²) >= 11 is 0. The van der Waals surface area contributed by atoms with Gasteiger partial charge in [0.15, 0.2) is 0 Å². The normalized spacial score (nSPS) is 38.1. The van der Waals surface area contributed by atoms with Crippen LogP contribution in [0, 0.1) is 17.3 Å². The third-order valence-electron chi connectivity index (χ3n) is 4.72. The van der Waals surface area contributed by atoms with Crippen LogP contribution < -0.4 is 5.32 Å². The van der Waals surface area contributed by atoms with Crippen molar-refractivity contribution in [2.45, 2.75) is 51.5 Å². The lowest BCUT2D eigenvalue weighted by molar-refractivity contribution is -0.101. The van der Waals surface area contributed by atoms with Gasteiger partial charge < -0.3 is 10.1 Å². The van der Waals surface area contributed by atoms with E-state index >= 15 is 0 Å². The Morgan fingerprint density at radius 3 is 2.56 bits per heavy atom. The molecule has 0 aromatic carbocycles. The molecule has 16 heavy (non-hydrogen) atoms. The number of rotatable bonds is 4. The fourth-order valence-electron chi connectivity index (χ4n) is 3.35. The first kappa shape index (κ1) is 11.0. The van der Waals surface area contributed by atoms with Gasteiger partial charge in [-0.3, -0.25) is 0 Å². The van der Waals surface area contributed by atoms with Gasteiger partial charge in [0.2, 0.25) is 0 Å². The molecule has 0 spiro atoms. The Hall–Kier alpha value is -0.0800. The first-order valence-corrected chi connectivity index (χ1v) is 7.06. The highest BCUT2D eigenvalue weighted by atomic mass is 16.5.